The van der Waals surface area contributed by atoms with Crippen molar-refractivity contribution in [3.05, 3.63) is 72.3 Å². The topological polar surface area (TPSA) is 121 Å². The largest absolute Gasteiger partial charge is 0.493 e. The van der Waals surface area contributed by atoms with E-state index in [0.717, 1.165) is 64.5 Å². The number of carbonyl (C=O) groups is 1. The number of benzene rings is 2. The van der Waals surface area contributed by atoms with E-state index in [1.165, 1.54) is 0 Å². The number of anilines is 2. The summed E-state index contributed by atoms with van der Waals surface area (Å²) in [5, 5.41) is 4.66. The molecule has 0 radical (unpaired) electrons. The molecule has 0 saturated carbocycles. The summed E-state index contributed by atoms with van der Waals surface area (Å²) in [6.07, 6.45) is 5.54. The molecular weight excluding hydrogens is 540 g/mol. The van der Waals surface area contributed by atoms with Gasteiger partial charge in [-0.05, 0) is 23.8 Å². The third kappa shape index (κ3) is 5.33. The molecule has 2 N–H and O–H groups in total. The lowest BCUT2D eigenvalue weighted by atomic mass is 10.1. The van der Waals surface area contributed by atoms with Crippen LogP contribution in [0.5, 0.6) is 11.5 Å². The van der Waals surface area contributed by atoms with Gasteiger partial charge in [-0.2, -0.15) is 0 Å². The van der Waals surface area contributed by atoms with Gasteiger partial charge in [0.25, 0.3) is 5.91 Å². The minimum Gasteiger partial charge on any atom is -0.493 e. The van der Waals surface area contributed by atoms with Crippen molar-refractivity contribution in [1.29, 1.82) is 0 Å². The number of aromatic nitrogens is 5. The number of thiocarbonyl (C=S) groups is 1. The van der Waals surface area contributed by atoms with E-state index in [2.05, 4.69) is 40.0 Å². The predicted octanol–water partition coefficient (Wildman–Crippen LogP) is 3.86. The van der Waals surface area contributed by atoms with Crippen molar-refractivity contribution in [3.8, 4) is 11.5 Å². The number of nitrogens with zero attached hydrogens (tertiary/aromatic N) is 6. The van der Waals surface area contributed by atoms with E-state index in [-0.39, 0.29) is 11.9 Å². The number of methoxy groups -OCH3 is 2. The molecular formula is C29H28N8O3S. The first-order valence-corrected chi connectivity index (χ1v) is 13.5. The molecule has 0 spiro atoms. The first-order valence-electron chi connectivity index (χ1n) is 13.1. The molecule has 5 aromatic rings. The maximum atomic E-state index is 12.3. The Morgan fingerprint density at radius 1 is 0.976 bits per heavy atom. The molecule has 12 heteroatoms. The zero-order chi connectivity index (χ0) is 28.3. The lowest BCUT2D eigenvalue weighted by molar-refractivity contribution is 0.102. The monoisotopic (exact) mass is 568 g/mol. The molecule has 0 aliphatic carbocycles. The molecule has 11 nitrogen and oxygen atoms in total. The van der Waals surface area contributed by atoms with Gasteiger partial charge in [-0.15, -0.1) is 0 Å². The van der Waals surface area contributed by atoms with Crippen molar-refractivity contribution in [2.24, 2.45) is 0 Å². The fourth-order valence-electron chi connectivity index (χ4n) is 5.00. The number of rotatable bonds is 7. The molecule has 4 heterocycles. The maximum Gasteiger partial charge on any atom is 0.258 e. The van der Waals surface area contributed by atoms with Gasteiger partial charge in [-0.3, -0.25) is 10.1 Å². The average Bonchev–Trinajstić information content (AvgIpc) is 3.39. The standard InChI is InChI=1S/C29H28N8O3S/c1-39-22-13-20-21(14-23(22)40-2)34-26-25(20)27(33-17-32-26)37-10-8-36(9-11-37)24(41)12-18-15-30-29(31-16-18)35-28(38)19-6-4-3-5-7-19/h3-7,13-17H,8-12H2,1-2H3,(H,32,33,34)(H,30,31,35,38). The number of amides is 1. The van der Waals surface area contributed by atoms with Gasteiger partial charge in [0.1, 0.15) is 17.8 Å². The Kier molecular flexibility index (Phi) is 7.30. The molecule has 1 fully saturated rings. The highest BCUT2D eigenvalue weighted by Crippen LogP contribution is 2.38. The van der Waals surface area contributed by atoms with Crippen LogP contribution in [-0.2, 0) is 6.42 Å². The quantitative estimate of drug-likeness (QED) is 0.280. The van der Waals surface area contributed by atoms with E-state index in [4.69, 9.17) is 21.7 Å². The molecule has 1 amide bonds. The number of hydrogen-bond donors (Lipinski definition) is 2. The Bertz CT molecular complexity index is 1720. The maximum absolute atomic E-state index is 12.3. The van der Waals surface area contributed by atoms with Gasteiger partial charge in [0, 0.05) is 62.0 Å². The van der Waals surface area contributed by atoms with E-state index in [9.17, 15) is 4.79 Å². The highest BCUT2D eigenvalue weighted by molar-refractivity contribution is 7.80. The van der Waals surface area contributed by atoms with Crippen LogP contribution in [0.4, 0.5) is 11.8 Å². The number of piperazine rings is 1. The summed E-state index contributed by atoms with van der Waals surface area (Å²) in [5.74, 6) is 2.19. The van der Waals surface area contributed by atoms with E-state index < -0.39 is 0 Å². The minimum absolute atomic E-state index is 0.251. The first-order chi connectivity index (χ1) is 20.0. The molecule has 2 aromatic carbocycles. The van der Waals surface area contributed by atoms with Gasteiger partial charge < -0.3 is 24.3 Å². The lowest BCUT2D eigenvalue weighted by Crippen LogP contribution is -2.49. The second-order valence-corrected chi connectivity index (χ2v) is 10.0. The Labute approximate surface area is 241 Å². The Morgan fingerprint density at radius 3 is 2.39 bits per heavy atom. The normalized spacial score (nSPS) is 13.4. The van der Waals surface area contributed by atoms with Gasteiger partial charge in [-0.1, -0.05) is 30.4 Å². The summed E-state index contributed by atoms with van der Waals surface area (Å²) in [5.41, 5.74) is 3.11. The summed E-state index contributed by atoms with van der Waals surface area (Å²) in [6.45, 7) is 3.03. The molecule has 0 unspecified atom stereocenters. The number of nitrogens with one attached hydrogen (secondary N) is 2. The smallest absolute Gasteiger partial charge is 0.258 e. The molecule has 0 bridgehead atoms. The third-order valence-corrected chi connectivity index (χ3v) is 7.53. The van der Waals surface area contributed by atoms with Crippen LogP contribution in [0.2, 0.25) is 0 Å². The first kappa shape index (κ1) is 26.4. The molecule has 3 aromatic heterocycles. The summed E-state index contributed by atoms with van der Waals surface area (Å²) in [6, 6.07) is 12.8. The Balaban J connectivity index is 1.11. The van der Waals surface area contributed by atoms with Crippen LogP contribution in [0.3, 0.4) is 0 Å². The van der Waals surface area contributed by atoms with E-state index in [1.807, 2.05) is 30.3 Å². The SMILES string of the molecule is COc1cc2[nH]c3ncnc(N4CCN(C(=S)Cc5cnc(NC(=O)c6ccccc6)nc5)CC4)c3c2cc1OC. The van der Waals surface area contributed by atoms with Crippen molar-refractivity contribution < 1.29 is 14.3 Å². The molecule has 1 aliphatic rings. The zero-order valence-electron chi connectivity index (χ0n) is 22.6. The number of carbonyl (C=O) groups excluding carboxylic acids is 1. The van der Waals surface area contributed by atoms with Crippen molar-refractivity contribution in [1.82, 2.24) is 29.8 Å². The van der Waals surface area contributed by atoms with Crippen LogP contribution in [0.15, 0.2) is 61.2 Å². The second-order valence-electron chi connectivity index (χ2n) is 9.58. The summed E-state index contributed by atoms with van der Waals surface area (Å²) < 4.78 is 11.0. The summed E-state index contributed by atoms with van der Waals surface area (Å²) in [7, 11) is 3.25. The van der Waals surface area contributed by atoms with Crippen LogP contribution in [0.25, 0.3) is 21.9 Å². The van der Waals surface area contributed by atoms with Gasteiger partial charge in [-0.25, -0.2) is 19.9 Å². The minimum atomic E-state index is -0.251. The number of fused-ring (bicyclic) bond motifs is 3. The van der Waals surface area contributed by atoms with Crippen molar-refractivity contribution in [2.45, 2.75) is 6.42 Å². The molecule has 1 saturated heterocycles. The third-order valence-electron chi connectivity index (χ3n) is 7.13. The number of H-pyrrole nitrogens is 1. The van der Waals surface area contributed by atoms with Gasteiger partial charge >= 0.3 is 0 Å². The van der Waals surface area contributed by atoms with Crippen LogP contribution < -0.4 is 19.7 Å². The highest BCUT2D eigenvalue weighted by atomic mass is 32.1. The zero-order valence-corrected chi connectivity index (χ0v) is 23.4. The van der Waals surface area contributed by atoms with E-state index in [1.54, 1.807) is 45.1 Å². The Morgan fingerprint density at radius 2 is 1.68 bits per heavy atom. The number of ether oxygens (including phenoxy) is 2. The van der Waals surface area contributed by atoms with Crippen LogP contribution >= 0.6 is 12.2 Å². The second kappa shape index (κ2) is 11.3. The number of aromatic amines is 1. The van der Waals surface area contributed by atoms with Crippen molar-refractivity contribution in [2.75, 3.05) is 50.6 Å². The van der Waals surface area contributed by atoms with Crippen LogP contribution in [0.1, 0.15) is 15.9 Å². The fraction of sp³-hybridized carbons (Fsp3) is 0.241. The van der Waals surface area contributed by atoms with Crippen molar-refractivity contribution >= 4 is 56.8 Å². The molecule has 1 aliphatic heterocycles. The van der Waals surface area contributed by atoms with Crippen molar-refractivity contribution in [3.63, 3.8) is 0 Å². The predicted molar refractivity (Wildman–Crippen MR) is 161 cm³/mol. The molecule has 6 rings (SSSR count). The molecule has 208 valence electrons. The molecule has 0 atom stereocenters. The van der Waals surface area contributed by atoms with E-state index >= 15 is 0 Å². The Hall–Kier alpha value is -4.84. The highest BCUT2D eigenvalue weighted by Gasteiger charge is 2.24. The average molecular weight is 569 g/mol. The summed E-state index contributed by atoms with van der Waals surface area (Å²) in [4.78, 5) is 38.8. The number of hydrogen-bond acceptors (Lipinski definition) is 9. The van der Waals surface area contributed by atoms with Crippen LogP contribution in [0, 0.1) is 0 Å². The fourth-order valence-corrected chi connectivity index (χ4v) is 5.35. The summed E-state index contributed by atoms with van der Waals surface area (Å²) >= 11 is 5.78. The van der Waals surface area contributed by atoms with Gasteiger partial charge in [0.2, 0.25) is 5.95 Å². The molecule has 41 heavy (non-hydrogen) atoms. The van der Waals surface area contributed by atoms with E-state index in [0.29, 0.717) is 23.5 Å². The van der Waals surface area contributed by atoms with Crippen LogP contribution in [-0.4, -0.2) is 81.1 Å². The van der Waals surface area contributed by atoms with Gasteiger partial charge in [0.15, 0.2) is 11.5 Å². The lowest BCUT2D eigenvalue weighted by Gasteiger charge is -2.37. The van der Waals surface area contributed by atoms with Gasteiger partial charge in [0.05, 0.1) is 30.1 Å².